The summed E-state index contributed by atoms with van der Waals surface area (Å²) in [6, 6.07) is 0. The molecule has 1 aliphatic carbocycles. The minimum atomic E-state index is 0.255. The van der Waals surface area contributed by atoms with E-state index in [2.05, 4.69) is 39.8 Å². The van der Waals surface area contributed by atoms with E-state index in [1.807, 2.05) is 35.7 Å². The molecule has 0 saturated carbocycles. The van der Waals surface area contributed by atoms with E-state index in [4.69, 9.17) is 12.2 Å². The lowest BCUT2D eigenvalue weighted by Gasteiger charge is -2.31. The summed E-state index contributed by atoms with van der Waals surface area (Å²) in [6.45, 7) is 9.24. The molecule has 0 amide bonds. The third-order valence-electron chi connectivity index (χ3n) is 3.25. The van der Waals surface area contributed by atoms with Crippen molar-refractivity contribution in [3.8, 4) is 0 Å². The van der Waals surface area contributed by atoms with Gasteiger partial charge in [-0.15, -0.1) is 23.5 Å². The lowest BCUT2D eigenvalue weighted by atomic mass is 9.98. The van der Waals surface area contributed by atoms with Crippen LogP contribution in [0.4, 0.5) is 0 Å². The summed E-state index contributed by atoms with van der Waals surface area (Å²) >= 11 is 9.30. The zero-order chi connectivity index (χ0) is 12.0. The maximum atomic E-state index is 5.39. The maximum Gasteiger partial charge on any atom is 0.0499 e. The summed E-state index contributed by atoms with van der Waals surface area (Å²) in [5.41, 5.74) is 1.23. The van der Waals surface area contributed by atoms with Crippen molar-refractivity contribution in [3.05, 3.63) is 34.1 Å². The molecule has 3 heteroatoms. The Hall–Kier alpha value is 0.01000. The Bertz CT molecular complexity index is 404. The van der Waals surface area contributed by atoms with E-state index in [0.29, 0.717) is 0 Å². The molecule has 0 unspecified atom stereocenters. The Morgan fingerprint density at radius 2 is 1.44 bits per heavy atom. The molecule has 0 nitrogen and oxygen atoms in total. The van der Waals surface area contributed by atoms with Crippen molar-refractivity contribution < 1.29 is 0 Å². The zero-order valence-corrected chi connectivity index (χ0v) is 12.5. The first-order chi connectivity index (χ1) is 7.33. The van der Waals surface area contributed by atoms with E-state index >= 15 is 0 Å². The van der Waals surface area contributed by atoms with Gasteiger partial charge in [-0.05, 0) is 33.8 Å². The fourth-order valence-corrected chi connectivity index (χ4v) is 5.51. The van der Waals surface area contributed by atoms with Gasteiger partial charge in [-0.2, -0.15) is 0 Å². The highest BCUT2D eigenvalue weighted by Crippen LogP contribution is 2.61. The molecule has 0 atom stereocenters. The summed E-state index contributed by atoms with van der Waals surface area (Å²) in [5.74, 6) is 0. The van der Waals surface area contributed by atoms with E-state index in [1.54, 1.807) is 0 Å². The Morgan fingerprint density at radius 1 is 0.938 bits per heavy atom. The van der Waals surface area contributed by atoms with Gasteiger partial charge in [0.1, 0.15) is 0 Å². The van der Waals surface area contributed by atoms with Crippen molar-refractivity contribution in [3.63, 3.8) is 0 Å². The fraction of sp³-hybridized carbons (Fsp3) is 0.462. The van der Waals surface area contributed by atoms with Gasteiger partial charge in [-0.1, -0.05) is 30.4 Å². The molecule has 0 radical (unpaired) electrons. The van der Waals surface area contributed by atoms with Crippen molar-refractivity contribution in [2.75, 3.05) is 0 Å². The number of hydrogen-bond acceptors (Lipinski definition) is 3. The first kappa shape index (κ1) is 12.5. The minimum absolute atomic E-state index is 0.255. The molecule has 0 aromatic carbocycles. The predicted molar refractivity (Wildman–Crippen MR) is 81.2 cm³/mol. The van der Waals surface area contributed by atoms with Crippen LogP contribution in [0.15, 0.2) is 34.1 Å². The van der Waals surface area contributed by atoms with Crippen LogP contribution in [-0.4, -0.2) is 14.4 Å². The Balaban J connectivity index is 2.39. The van der Waals surface area contributed by atoms with E-state index < -0.39 is 0 Å². The summed E-state index contributed by atoms with van der Waals surface area (Å²) in [6.07, 6.45) is 8.22. The first-order valence-corrected chi connectivity index (χ1v) is 7.39. The van der Waals surface area contributed by atoms with Crippen molar-refractivity contribution in [2.24, 2.45) is 0 Å². The van der Waals surface area contributed by atoms with Crippen LogP contribution in [0.5, 0.6) is 0 Å². The van der Waals surface area contributed by atoms with Gasteiger partial charge in [0, 0.05) is 24.2 Å². The average molecular weight is 268 g/mol. The van der Waals surface area contributed by atoms with Crippen LogP contribution in [-0.2, 0) is 0 Å². The van der Waals surface area contributed by atoms with Gasteiger partial charge in [0.2, 0.25) is 0 Å². The van der Waals surface area contributed by atoms with Gasteiger partial charge in [0.05, 0.1) is 0 Å². The lowest BCUT2D eigenvalue weighted by molar-refractivity contribution is 0.561. The van der Waals surface area contributed by atoms with Gasteiger partial charge < -0.3 is 0 Å². The second kappa shape index (κ2) is 4.04. The highest BCUT2D eigenvalue weighted by molar-refractivity contribution is 8.26. The molecule has 0 aromatic rings. The van der Waals surface area contributed by atoms with Gasteiger partial charge in [-0.25, -0.2) is 0 Å². The molecule has 2 rings (SSSR count). The molecule has 1 aliphatic heterocycles. The first-order valence-electron chi connectivity index (χ1n) is 5.35. The van der Waals surface area contributed by atoms with Crippen LogP contribution in [0.3, 0.4) is 0 Å². The van der Waals surface area contributed by atoms with E-state index in [9.17, 15) is 0 Å². The minimum Gasteiger partial charge on any atom is -0.111 e. The average Bonchev–Trinajstić information content (AvgIpc) is 2.36. The summed E-state index contributed by atoms with van der Waals surface area (Å²) in [7, 11) is 0. The molecular weight excluding hydrogens is 252 g/mol. The Kier molecular flexibility index (Phi) is 3.15. The molecule has 2 aliphatic rings. The number of rotatable bonds is 0. The molecule has 16 heavy (non-hydrogen) atoms. The summed E-state index contributed by atoms with van der Waals surface area (Å²) < 4.78 is 1.88. The smallest absolute Gasteiger partial charge is 0.0499 e. The molecule has 0 N–H and O–H groups in total. The van der Waals surface area contributed by atoms with Crippen LogP contribution in [0, 0.1) is 0 Å². The molecule has 86 valence electrons. The van der Waals surface area contributed by atoms with Crippen LogP contribution < -0.4 is 0 Å². The highest BCUT2D eigenvalue weighted by atomic mass is 32.2. The monoisotopic (exact) mass is 268 g/mol. The molecule has 1 heterocycles. The third-order valence-corrected chi connectivity index (χ3v) is 7.09. The predicted octanol–water partition coefficient (Wildman–Crippen LogP) is 4.73. The molecule has 0 aromatic heterocycles. The van der Waals surface area contributed by atoms with Crippen molar-refractivity contribution in [1.29, 1.82) is 0 Å². The molecule has 0 spiro atoms. The number of hydrogen-bond donors (Lipinski definition) is 0. The standard InChI is InChI=1S/C13H16S3/c1-12(2)13(3,4)16-11(15-12)9-7-5-6-8-10(9)14/h5-8H,1-4H3. The van der Waals surface area contributed by atoms with Crippen LogP contribution in [0.1, 0.15) is 27.7 Å². The van der Waals surface area contributed by atoms with Crippen LogP contribution >= 0.6 is 35.7 Å². The largest absolute Gasteiger partial charge is 0.111 e. The normalized spacial score (nSPS) is 26.6. The SMILES string of the molecule is CC1(C)SC(=C2C=CC=CC2=S)SC1(C)C. The Labute approximate surface area is 112 Å². The van der Waals surface area contributed by atoms with Gasteiger partial charge in [-0.3, -0.25) is 0 Å². The maximum absolute atomic E-state index is 5.39. The van der Waals surface area contributed by atoms with E-state index in [-0.39, 0.29) is 9.49 Å². The Morgan fingerprint density at radius 3 is 1.94 bits per heavy atom. The topological polar surface area (TPSA) is 0 Å². The van der Waals surface area contributed by atoms with Gasteiger partial charge in [0.25, 0.3) is 0 Å². The van der Waals surface area contributed by atoms with Crippen molar-refractivity contribution in [2.45, 2.75) is 37.2 Å². The van der Waals surface area contributed by atoms with E-state index in [1.165, 1.54) is 9.81 Å². The fourth-order valence-electron chi connectivity index (χ4n) is 1.48. The third kappa shape index (κ3) is 2.05. The highest BCUT2D eigenvalue weighted by Gasteiger charge is 2.46. The molecule has 1 fully saturated rings. The zero-order valence-electron chi connectivity index (χ0n) is 10.0. The quantitative estimate of drug-likeness (QED) is 0.460. The summed E-state index contributed by atoms with van der Waals surface area (Å²) in [5, 5.41) is 0. The van der Waals surface area contributed by atoms with Crippen molar-refractivity contribution in [1.82, 2.24) is 0 Å². The van der Waals surface area contributed by atoms with Crippen LogP contribution in [0.2, 0.25) is 0 Å². The second-order valence-electron chi connectivity index (χ2n) is 5.01. The number of allylic oxidation sites excluding steroid dienone is 5. The van der Waals surface area contributed by atoms with Crippen LogP contribution in [0.25, 0.3) is 0 Å². The van der Waals surface area contributed by atoms with E-state index in [0.717, 1.165) is 4.86 Å². The van der Waals surface area contributed by atoms with Gasteiger partial charge in [0.15, 0.2) is 0 Å². The summed E-state index contributed by atoms with van der Waals surface area (Å²) in [4.78, 5) is 0.964. The molecule has 1 saturated heterocycles. The second-order valence-corrected chi connectivity index (χ2v) is 8.97. The number of thiocarbonyl (C=S) groups is 1. The van der Waals surface area contributed by atoms with Gasteiger partial charge >= 0.3 is 0 Å². The molecular formula is C13H16S3. The van der Waals surface area contributed by atoms with Crippen molar-refractivity contribution >= 4 is 40.6 Å². The lowest BCUT2D eigenvalue weighted by Crippen LogP contribution is -2.34. The number of thioether (sulfide) groups is 2. The molecule has 0 bridgehead atoms.